The summed E-state index contributed by atoms with van der Waals surface area (Å²) in [5, 5.41) is 22.7. The molecule has 3 aliphatic heterocycles. The van der Waals surface area contributed by atoms with Crippen LogP contribution in [0.2, 0.25) is 0 Å². The van der Waals surface area contributed by atoms with E-state index in [1.807, 2.05) is 13.8 Å². The number of nitrogens with zero attached hydrogens (tertiary/aromatic N) is 3. The number of aliphatic hydroxyl groups is 1. The Morgan fingerprint density at radius 2 is 1.52 bits per heavy atom. The number of likely N-dealkylation sites (tertiary alicyclic amines) is 1. The van der Waals surface area contributed by atoms with Gasteiger partial charge >= 0.3 is 11.9 Å². The second-order valence-electron chi connectivity index (χ2n) is 22.8. The van der Waals surface area contributed by atoms with Crippen LogP contribution in [0.25, 0.3) is 0 Å². The van der Waals surface area contributed by atoms with Gasteiger partial charge in [0.2, 0.25) is 41.2 Å². The van der Waals surface area contributed by atoms with Crippen LogP contribution in [0.4, 0.5) is 0 Å². The number of ketones is 2. The largest absolute Gasteiger partial charge is 0.497 e. The Hall–Kier alpha value is -6.45. The standard InChI is InChI=1S/C57H87N7O15/c1-15-33(8)45-43(66)29-44(67)79-48(32(6)7)47(68)34(9)49(69)59-40(27-31(4)5)53(73)63-24-16-18-41(63)54(74)62(13)42(28-37-19-21-38(77-14)22-20-37)55(75)78-36(11)46(51(71)60-45)61-50(70)39(26-30(2)3)57(56(76)58-12)23-17-25-64(57)52(72)35(10)65/h19-22,30-34,36,39-43,45-46,48,66H,15-18,23-29H2,1-14H3,(H,58,76)(H,59,69)(H,60,71)(H,61,70)/t33-,34-,36+,39-,40-,41-,42-,43-,45+,46-,48-,57?/m0/s1. The van der Waals surface area contributed by atoms with E-state index in [0.717, 1.165) is 11.8 Å². The first-order valence-corrected chi connectivity index (χ1v) is 27.8. The van der Waals surface area contributed by atoms with Crippen LogP contribution in [0.1, 0.15) is 133 Å². The van der Waals surface area contributed by atoms with Crippen molar-refractivity contribution in [2.45, 2.75) is 188 Å². The first-order chi connectivity index (χ1) is 37.1. The fourth-order valence-electron chi connectivity index (χ4n) is 11.0. The molecule has 0 aromatic heterocycles. The summed E-state index contributed by atoms with van der Waals surface area (Å²) in [7, 11) is 4.20. The average molecular weight is 1110 g/mol. The quantitative estimate of drug-likeness (QED) is 0.0958. The predicted octanol–water partition coefficient (Wildman–Crippen LogP) is 2.43. The van der Waals surface area contributed by atoms with Gasteiger partial charge in [-0.2, -0.15) is 0 Å². The molecule has 0 saturated carbocycles. The number of cyclic esters (lactones) is 2. The van der Waals surface area contributed by atoms with Crippen LogP contribution in [-0.2, 0) is 68.6 Å². The predicted molar refractivity (Wildman–Crippen MR) is 289 cm³/mol. The SMILES string of the molecule is CC[C@H](C)[C@H]1NC(=O)[C@@H](NC(=O)[C@H](CC(C)C)C2(C(=O)NC)CCCN2C(=O)C(C)=O)[C@@H](C)OC(=O)[C@H](Cc2ccc(OC)cc2)N(C)C(=O)[C@@H]2CCCN2C(=O)[C@H](CC(C)C)NC(=O)[C@@H](C)C(=O)[C@H](C(C)C)OC(=O)C[C@@H]1O. The minimum Gasteiger partial charge on any atom is -0.497 e. The first-order valence-electron chi connectivity index (χ1n) is 27.8. The van der Waals surface area contributed by atoms with Crippen molar-refractivity contribution in [3.05, 3.63) is 29.8 Å². The third-order valence-corrected chi connectivity index (χ3v) is 15.7. The molecule has 0 bridgehead atoms. The van der Waals surface area contributed by atoms with Crippen molar-refractivity contribution in [3.63, 3.8) is 0 Å². The summed E-state index contributed by atoms with van der Waals surface area (Å²) in [6.45, 7) is 17.8. The summed E-state index contributed by atoms with van der Waals surface area (Å²) in [6.07, 6.45) is -4.44. The Kier molecular flexibility index (Phi) is 23.6. The molecule has 7 amide bonds. The molecule has 1 unspecified atom stereocenters. The maximum absolute atomic E-state index is 15.2. The molecule has 79 heavy (non-hydrogen) atoms. The zero-order chi connectivity index (χ0) is 59.4. The molecule has 0 aliphatic carbocycles. The number of ether oxygens (including phenoxy) is 3. The second-order valence-corrected chi connectivity index (χ2v) is 22.8. The van der Waals surface area contributed by atoms with E-state index in [0.29, 0.717) is 24.2 Å². The number of hydrogen-bond acceptors (Lipinski definition) is 15. The molecular formula is C57H87N7O15. The molecule has 0 spiro atoms. The monoisotopic (exact) mass is 1110 g/mol. The minimum atomic E-state index is -1.91. The summed E-state index contributed by atoms with van der Waals surface area (Å²) in [5.41, 5.74) is -1.35. The second kappa shape index (κ2) is 28.6. The van der Waals surface area contributed by atoms with Crippen molar-refractivity contribution >= 4 is 64.9 Å². The van der Waals surface area contributed by atoms with Gasteiger partial charge in [0.05, 0.1) is 37.5 Å². The molecule has 3 aliphatic rings. The van der Waals surface area contributed by atoms with Gasteiger partial charge in [-0.3, -0.25) is 47.9 Å². The highest BCUT2D eigenvalue weighted by Gasteiger charge is 2.58. The number of likely N-dealkylation sites (N-methyl/N-ethyl adjacent to an activating group) is 2. The Bertz CT molecular complexity index is 2400. The number of esters is 2. The zero-order valence-corrected chi connectivity index (χ0v) is 48.7. The van der Waals surface area contributed by atoms with Crippen molar-refractivity contribution in [2.24, 2.45) is 35.5 Å². The molecule has 3 saturated heterocycles. The zero-order valence-electron chi connectivity index (χ0n) is 48.7. The first kappa shape index (κ1) is 65.1. The molecule has 22 nitrogen and oxygen atoms in total. The molecule has 1 aromatic rings. The Balaban J connectivity index is 1.96. The number of carbonyl (C=O) groups is 11. The number of fused-ring (bicyclic) bond motifs is 1. The van der Waals surface area contributed by atoms with E-state index in [2.05, 4.69) is 21.3 Å². The third kappa shape index (κ3) is 15.7. The molecule has 12 atom stereocenters. The van der Waals surface area contributed by atoms with Gasteiger partial charge in [-0.05, 0) is 93.7 Å². The molecule has 5 N–H and O–H groups in total. The van der Waals surface area contributed by atoms with Gasteiger partial charge in [-0.25, -0.2) is 4.79 Å². The van der Waals surface area contributed by atoms with Gasteiger partial charge in [-0.1, -0.05) is 73.9 Å². The van der Waals surface area contributed by atoms with Crippen molar-refractivity contribution < 1.29 is 72.1 Å². The topological polar surface area (TPSA) is 294 Å². The lowest BCUT2D eigenvalue weighted by Gasteiger charge is -2.43. The summed E-state index contributed by atoms with van der Waals surface area (Å²) >= 11 is 0. The molecule has 3 fully saturated rings. The van der Waals surface area contributed by atoms with Crippen LogP contribution in [0, 0.1) is 35.5 Å². The lowest BCUT2D eigenvalue weighted by Crippen LogP contribution is -2.67. The molecule has 440 valence electrons. The number of benzene rings is 1. The molecular weight excluding hydrogens is 1020 g/mol. The minimum absolute atomic E-state index is 0.0267. The van der Waals surface area contributed by atoms with E-state index < -0.39 is 149 Å². The van der Waals surface area contributed by atoms with E-state index in [9.17, 15) is 43.5 Å². The number of aliphatic hydroxyl groups excluding tert-OH is 1. The van der Waals surface area contributed by atoms with Crippen LogP contribution in [0.15, 0.2) is 24.3 Å². The number of Topliss-reactive ketones (excluding diaryl/α,β-unsaturated/α-hetero) is 2. The number of hydrogen-bond donors (Lipinski definition) is 5. The maximum Gasteiger partial charge on any atom is 0.329 e. The highest BCUT2D eigenvalue weighted by atomic mass is 16.6. The van der Waals surface area contributed by atoms with Crippen molar-refractivity contribution in [1.29, 1.82) is 0 Å². The van der Waals surface area contributed by atoms with Crippen molar-refractivity contribution in [1.82, 2.24) is 36.0 Å². The summed E-state index contributed by atoms with van der Waals surface area (Å²) < 4.78 is 17.3. The Morgan fingerprint density at radius 1 is 0.873 bits per heavy atom. The number of methoxy groups -OCH3 is 1. The van der Waals surface area contributed by atoms with E-state index in [-0.39, 0.29) is 63.5 Å². The summed E-state index contributed by atoms with van der Waals surface area (Å²) in [6, 6.07) is -0.149. The summed E-state index contributed by atoms with van der Waals surface area (Å²) in [5.74, 6) is -13.4. The van der Waals surface area contributed by atoms with E-state index in [1.54, 1.807) is 65.8 Å². The highest BCUT2D eigenvalue weighted by molar-refractivity contribution is 6.35. The molecule has 3 heterocycles. The number of amides is 7. The van der Waals surface area contributed by atoms with Gasteiger partial charge in [0.25, 0.3) is 5.91 Å². The Morgan fingerprint density at radius 3 is 2.08 bits per heavy atom. The van der Waals surface area contributed by atoms with Crippen LogP contribution < -0.4 is 26.0 Å². The molecule has 4 rings (SSSR count). The average Bonchev–Trinajstić information content (AvgIpc) is 4.25. The molecule has 22 heteroatoms. The molecule has 0 radical (unpaired) electrons. The van der Waals surface area contributed by atoms with Crippen LogP contribution in [0.3, 0.4) is 0 Å². The number of rotatable bonds is 15. The lowest BCUT2D eigenvalue weighted by atomic mass is 9.75. The van der Waals surface area contributed by atoms with Gasteiger partial charge in [0.15, 0.2) is 11.9 Å². The number of nitrogens with one attached hydrogen (secondary N) is 4. The highest BCUT2D eigenvalue weighted by Crippen LogP contribution is 2.40. The smallest absolute Gasteiger partial charge is 0.329 e. The van der Waals surface area contributed by atoms with Crippen molar-refractivity contribution in [3.8, 4) is 5.75 Å². The van der Waals surface area contributed by atoms with E-state index in [4.69, 9.17) is 14.2 Å². The van der Waals surface area contributed by atoms with Gasteiger partial charge < -0.3 is 55.3 Å². The Labute approximate surface area is 464 Å². The normalized spacial score (nSPS) is 28.2. The van der Waals surface area contributed by atoms with Gasteiger partial charge in [0.1, 0.15) is 41.6 Å². The van der Waals surface area contributed by atoms with E-state index >= 15 is 14.4 Å². The fourth-order valence-corrected chi connectivity index (χ4v) is 11.0. The lowest BCUT2D eigenvalue weighted by molar-refractivity contribution is -0.163. The third-order valence-electron chi connectivity index (χ3n) is 15.7. The van der Waals surface area contributed by atoms with Gasteiger partial charge in [0, 0.05) is 40.5 Å². The fraction of sp³-hybridized carbons (Fsp3) is 0.702. The van der Waals surface area contributed by atoms with E-state index in [1.165, 1.54) is 44.9 Å². The van der Waals surface area contributed by atoms with Gasteiger partial charge in [-0.15, -0.1) is 0 Å². The number of carbonyl (C=O) groups excluding carboxylic acids is 11. The van der Waals surface area contributed by atoms with Crippen LogP contribution in [0.5, 0.6) is 5.75 Å². The van der Waals surface area contributed by atoms with Crippen LogP contribution >= 0.6 is 0 Å². The maximum atomic E-state index is 15.2. The van der Waals surface area contributed by atoms with Crippen molar-refractivity contribution in [2.75, 3.05) is 34.3 Å². The van der Waals surface area contributed by atoms with Crippen LogP contribution in [-0.4, -0.2) is 173 Å². The summed E-state index contributed by atoms with van der Waals surface area (Å²) in [4.78, 5) is 161. The molecule has 1 aromatic carbocycles.